The maximum atomic E-state index is 12.8. The third-order valence-corrected chi connectivity index (χ3v) is 5.53. The highest BCUT2D eigenvalue weighted by atomic mass is 16.6. The number of carbonyl (C=O) groups excluding carboxylic acids is 3. The molecule has 0 aliphatic carbocycles. The number of nitrogens with one attached hydrogen (secondary N) is 1. The highest BCUT2D eigenvalue weighted by Gasteiger charge is 2.62. The summed E-state index contributed by atoms with van der Waals surface area (Å²) >= 11 is 0. The number of benzene rings is 1. The SMILES string of the molecule is COC(=O)[C@@]1(CCCCNC(=O)OC(C)(C)C)[C@@H](C)C(=O)N1Cc1ccc(OC)cc1. The Bertz CT molecular complexity index is 786. The van der Waals surface area contributed by atoms with Gasteiger partial charge in [0.2, 0.25) is 5.91 Å². The molecule has 1 aromatic rings. The first kappa shape index (κ1) is 24.5. The summed E-state index contributed by atoms with van der Waals surface area (Å²) in [6.07, 6.45) is 1.28. The summed E-state index contributed by atoms with van der Waals surface area (Å²) < 4.78 is 15.5. The van der Waals surface area contributed by atoms with Crippen molar-refractivity contribution in [2.45, 2.75) is 64.6 Å². The van der Waals surface area contributed by atoms with Gasteiger partial charge < -0.3 is 24.4 Å². The van der Waals surface area contributed by atoms with Gasteiger partial charge in [-0.3, -0.25) is 4.79 Å². The minimum absolute atomic E-state index is 0.0758. The van der Waals surface area contributed by atoms with Crippen molar-refractivity contribution < 1.29 is 28.6 Å². The number of esters is 1. The third kappa shape index (κ3) is 5.68. The second-order valence-corrected chi connectivity index (χ2v) is 8.80. The quantitative estimate of drug-likeness (QED) is 0.364. The van der Waals surface area contributed by atoms with E-state index in [2.05, 4.69) is 5.32 Å². The van der Waals surface area contributed by atoms with Crippen molar-refractivity contribution in [2.24, 2.45) is 5.92 Å². The lowest BCUT2D eigenvalue weighted by molar-refractivity contribution is -0.191. The number of hydrogen-bond acceptors (Lipinski definition) is 6. The molecule has 2 atom stereocenters. The van der Waals surface area contributed by atoms with E-state index in [4.69, 9.17) is 14.2 Å². The highest BCUT2D eigenvalue weighted by Crippen LogP contribution is 2.43. The Kier molecular flexibility index (Phi) is 7.92. The van der Waals surface area contributed by atoms with Crippen molar-refractivity contribution in [3.8, 4) is 5.75 Å². The summed E-state index contributed by atoms with van der Waals surface area (Å²) in [5.74, 6) is -0.220. The van der Waals surface area contributed by atoms with Crippen molar-refractivity contribution in [1.29, 1.82) is 0 Å². The molecule has 0 aromatic heterocycles. The molecular weight excluding hydrogens is 400 g/mol. The lowest BCUT2D eigenvalue weighted by Crippen LogP contribution is -2.73. The summed E-state index contributed by atoms with van der Waals surface area (Å²) in [4.78, 5) is 38.8. The number of carbonyl (C=O) groups is 3. The Morgan fingerprint density at radius 2 is 1.77 bits per heavy atom. The number of likely N-dealkylation sites (tertiary alicyclic amines) is 1. The first-order valence-corrected chi connectivity index (χ1v) is 10.5. The van der Waals surface area contributed by atoms with Gasteiger partial charge in [0.1, 0.15) is 11.4 Å². The van der Waals surface area contributed by atoms with E-state index < -0.39 is 29.1 Å². The Labute approximate surface area is 184 Å². The van der Waals surface area contributed by atoms with Crippen molar-refractivity contribution >= 4 is 18.0 Å². The van der Waals surface area contributed by atoms with Crippen LogP contribution >= 0.6 is 0 Å². The second-order valence-electron chi connectivity index (χ2n) is 8.80. The molecule has 31 heavy (non-hydrogen) atoms. The molecule has 2 rings (SSSR count). The number of amides is 2. The van der Waals surface area contributed by atoms with E-state index in [1.54, 1.807) is 39.7 Å². The van der Waals surface area contributed by atoms with Gasteiger partial charge in [-0.2, -0.15) is 0 Å². The van der Waals surface area contributed by atoms with Gasteiger partial charge in [-0.15, -0.1) is 0 Å². The standard InChI is InChI=1S/C23H34N2O6/c1-16-19(26)25(15-17-9-11-18(29-5)12-10-17)23(16,20(27)30-6)13-7-8-14-24-21(28)31-22(2,3)4/h9-12,16H,7-8,13-15H2,1-6H3,(H,24,28)/t16-,23+/m0/s1. The zero-order valence-corrected chi connectivity index (χ0v) is 19.3. The first-order valence-electron chi connectivity index (χ1n) is 10.5. The largest absolute Gasteiger partial charge is 0.497 e. The summed E-state index contributed by atoms with van der Waals surface area (Å²) in [6, 6.07) is 7.40. The fourth-order valence-corrected chi connectivity index (χ4v) is 3.88. The molecule has 8 nitrogen and oxygen atoms in total. The molecular formula is C23H34N2O6. The predicted octanol–water partition coefficient (Wildman–Crippen LogP) is 3.28. The molecule has 0 bridgehead atoms. The van der Waals surface area contributed by atoms with Crippen molar-refractivity contribution in [3.05, 3.63) is 29.8 Å². The number of rotatable bonds is 9. The third-order valence-electron chi connectivity index (χ3n) is 5.53. The molecule has 8 heteroatoms. The average molecular weight is 435 g/mol. The number of hydrogen-bond donors (Lipinski definition) is 1. The van der Waals surface area contributed by atoms with Gasteiger partial charge >= 0.3 is 12.1 Å². The molecule has 172 valence electrons. The van der Waals surface area contributed by atoms with Crippen LogP contribution in [0, 0.1) is 5.92 Å². The fourth-order valence-electron chi connectivity index (χ4n) is 3.88. The van der Waals surface area contributed by atoms with Gasteiger partial charge in [0.05, 0.1) is 20.1 Å². The van der Waals surface area contributed by atoms with E-state index in [0.717, 1.165) is 11.3 Å². The predicted molar refractivity (Wildman–Crippen MR) is 116 cm³/mol. The van der Waals surface area contributed by atoms with Crippen molar-refractivity contribution in [1.82, 2.24) is 10.2 Å². The Morgan fingerprint density at radius 1 is 1.13 bits per heavy atom. The topological polar surface area (TPSA) is 94.2 Å². The Balaban J connectivity index is 2.01. The number of β-lactam (4-membered cyclic amide) rings is 1. The van der Waals surface area contributed by atoms with Crippen LogP contribution in [0.5, 0.6) is 5.75 Å². The zero-order chi connectivity index (χ0) is 23.2. The van der Waals surface area contributed by atoms with Crippen LogP contribution in [0.25, 0.3) is 0 Å². The highest BCUT2D eigenvalue weighted by molar-refractivity contribution is 6.00. The van der Waals surface area contributed by atoms with Crippen LogP contribution in [0.15, 0.2) is 24.3 Å². The van der Waals surface area contributed by atoms with E-state index >= 15 is 0 Å². The van der Waals surface area contributed by atoms with Crippen LogP contribution in [0.3, 0.4) is 0 Å². The lowest BCUT2D eigenvalue weighted by atomic mass is 9.70. The van der Waals surface area contributed by atoms with Crippen LogP contribution in [-0.2, 0) is 25.6 Å². The summed E-state index contributed by atoms with van der Waals surface area (Å²) in [5, 5.41) is 2.72. The van der Waals surface area contributed by atoms with E-state index in [1.165, 1.54) is 7.11 Å². The minimum Gasteiger partial charge on any atom is -0.497 e. The Morgan fingerprint density at radius 3 is 2.32 bits per heavy atom. The lowest BCUT2D eigenvalue weighted by Gasteiger charge is -2.54. The molecule has 1 N–H and O–H groups in total. The van der Waals surface area contributed by atoms with Gasteiger partial charge in [0.25, 0.3) is 0 Å². The van der Waals surface area contributed by atoms with Gasteiger partial charge in [-0.1, -0.05) is 19.1 Å². The van der Waals surface area contributed by atoms with Crippen molar-refractivity contribution in [2.75, 3.05) is 20.8 Å². The van der Waals surface area contributed by atoms with Gasteiger partial charge in [0, 0.05) is 13.1 Å². The maximum absolute atomic E-state index is 12.8. The monoisotopic (exact) mass is 434 g/mol. The molecule has 2 amide bonds. The average Bonchev–Trinajstić information content (AvgIpc) is 2.73. The van der Waals surface area contributed by atoms with Crippen LogP contribution in [-0.4, -0.2) is 54.8 Å². The number of nitrogens with zero attached hydrogens (tertiary/aromatic N) is 1. The maximum Gasteiger partial charge on any atom is 0.407 e. The molecule has 0 radical (unpaired) electrons. The molecule has 1 heterocycles. The molecule has 0 unspecified atom stereocenters. The van der Waals surface area contributed by atoms with E-state index in [1.807, 2.05) is 24.3 Å². The second kappa shape index (κ2) is 10.0. The Hall–Kier alpha value is -2.77. The molecule has 1 aromatic carbocycles. The number of methoxy groups -OCH3 is 2. The summed E-state index contributed by atoms with van der Waals surface area (Å²) in [6.45, 7) is 7.92. The van der Waals surface area contributed by atoms with Gasteiger partial charge in [-0.25, -0.2) is 9.59 Å². The molecule has 1 fully saturated rings. The molecule has 1 aliphatic heterocycles. The summed E-state index contributed by atoms with van der Waals surface area (Å²) in [7, 11) is 2.94. The van der Waals surface area contributed by atoms with Gasteiger partial charge in [0.15, 0.2) is 5.54 Å². The number of unbranched alkanes of at least 4 members (excludes halogenated alkanes) is 1. The first-order chi connectivity index (χ1) is 14.5. The zero-order valence-electron chi connectivity index (χ0n) is 19.3. The smallest absolute Gasteiger partial charge is 0.407 e. The summed E-state index contributed by atoms with van der Waals surface area (Å²) in [5.41, 5.74) is -0.652. The van der Waals surface area contributed by atoms with Crippen LogP contribution < -0.4 is 10.1 Å². The number of ether oxygens (including phenoxy) is 3. The van der Waals surface area contributed by atoms with Crippen molar-refractivity contribution in [3.63, 3.8) is 0 Å². The molecule has 0 spiro atoms. The fraction of sp³-hybridized carbons (Fsp3) is 0.609. The molecule has 1 saturated heterocycles. The molecule has 0 saturated carbocycles. The normalized spacial score (nSPS) is 20.6. The molecule has 1 aliphatic rings. The number of alkyl carbamates (subject to hydrolysis) is 1. The van der Waals surface area contributed by atoms with Crippen LogP contribution in [0.1, 0.15) is 52.5 Å². The van der Waals surface area contributed by atoms with E-state index in [9.17, 15) is 14.4 Å². The minimum atomic E-state index is -1.00. The van der Waals surface area contributed by atoms with Crippen LogP contribution in [0.2, 0.25) is 0 Å². The van der Waals surface area contributed by atoms with Gasteiger partial charge in [-0.05, 0) is 57.7 Å². The van der Waals surface area contributed by atoms with Crippen LogP contribution in [0.4, 0.5) is 4.79 Å². The van der Waals surface area contributed by atoms with E-state index in [-0.39, 0.29) is 5.91 Å². The van der Waals surface area contributed by atoms with E-state index in [0.29, 0.717) is 32.4 Å².